The molecule has 0 N–H and O–H groups in total. The minimum atomic E-state index is -0.133. The molecule has 0 aliphatic rings. The molecule has 0 unspecified atom stereocenters. The predicted octanol–water partition coefficient (Wildman–Crippen LogP) is 15.5. The lowest BCUT2D eigenvalue weighted by Gasteiger charge is -2.33. The summed E-state index contributed by atoms with van der Waals surface area (Å²) in [5, 5.41) is 2.65. The number of nitrogens with zero attached hydrogens (tertiary/aromatic N) is 1. The van der Waals surface area contributed by atoms with E-state index in [4.69, 9.17) is 0 Å². The molecule has 0 atom stereocenters. The van der Waals surface area contributed by atoms with Gasteiger partial charge in [0.1, 0.15) is 0 Å². The van der Waals surface area contributed by atoms with E-state index in [-0.39, 0.29) is 5.41 Å². The highest BCUT2D eigenvalue weighted by molar-refractivity contribution is 7.26. The number of anilines is 3. The van der Waals surface area contributed by atoms with Crippen LogP contribution in [0.25, 0.3) is 64.7 Å². The van der Waals surface area contributed by atoms with Gasteiger partial charge in [-0.25, -0.2) is 0 Å². The molecule has 0 aliphatic carbocycles. The van der Waals surface area contributed by atoms with Crippen molar-refractivity contribution >= 4 is 48.6 Å². The molecule has 1 nitrogen and oxygen atoms in total. The molecule has 0 fully saturated rings. The topological polar surface area (TPSA) is 3.24 Å². The molecular formula is C52H41NS. The SMILES string of the molecule is CC(C)(C)c1cc(-c2ccccc2-c2ccccc2)ccc1N(c1ccc(-c2ccccc2)cc1)c1ccc(-c2cccc3c2sc2ccccc23)cc1. The van der Waals surface area contributed by atoms with E-state index in [9.17, 15) is 0 Å². The first-order valence-electron chi connectivity index (χ1n) is 18.7. The molecule has 0 aliphatic heterocycles. The number of fused-ring (bicyclic) bond motifs is 3. The van der Waals surface area contributed by atoms with Crippen LogP contribution in [-0.4, -0.2) is 0 Å². The first-order chi connectivity index (χ1) is 26.4. The van der Waals surface area contributed by atoms with E-state index in [0.29, 0.717) is 0 Å². The number of hydrogen-bond donors (Lipinski definition) is 0. The monoisotopic (exact) mass is 711 g/mol. The normalized spacial score (nSPS) is 11.6. The third-order valence-corrected chi connectivity index (χ3v) is 11.7. The van der Waals surface area contributed by atoms with Gasteiger partial charge in [-0.2, -0.15) is 0 Å². The Hall–Kier alpha value is -6.22. The van der Waals surface area contributed by atoms with Crippen LogP contribution < -0.4 is 4.90 Å². The second-order valence-electron chi connectivity index (χ2n) is 15.0. The Morgan fingerprint density at radius 2 is 0.870 bits per heavy atom. The van der Waals surface area contributed by atoms with Crippen LogP contribution in [0.1, 0.15) is 26.3 Å². The van der Waals surface area contributed by atoms with Crippen molar-refractivity contribution in [2.75, 3.05) is 4.90 Å². The lowest BCUT2D eigenvalue weighted by atomic mass is 9.82. The van der Waals surface area contributed by atoms with E-state index in [1.807, 2.05) is 11.3 Å². The molecule has 1 aromatic heterocycles. The molecule has 9 aromatic rings. The predicted molar refractivity (Wildman–Crippen MR) is 234 cm³/mol. The summed E-state index contributed by atoms with van der Waals surface area (Å²) < 4.78 is 2.66. The maximum atomic E-state index is 2.44. The Bertz CT molecular complexity index is 2720. The minimum Gasteiger partial charge on any atom is -0.310 e. The zero-order valence-electron chi connectivity index (χ0n) is 30.8. The van der Waals surface area contributed by atoms with Crippen LogP contribution in [-0.2, 0) is 5.41 Å². The zero-order chi connectivity index (χ0) is 36.6. The number of thiophene rings is 1. The average Bonchev–Trinajstić information content (AvgIpc) is 3.61. The van der Waals surface area contributed by atoms with Crippen molar-refractivity contribution in [1.29, 1.82) is 0 Å². The lowest BCUT2D eigenvalue weighted by Crippen LogP contribution is -2.19. The summed E-state index contributed by atoms with van der Waals surface area (Å²) in [6.45, 7) is 6.97. The Labute approximate surface area is 322 Å². The highest BCUT2D eigenvalue weighted by Gasteiger charge is 2.25. The molecule has 54 heavy (non-hydrogen) atoms. The number of benzene rings is 8. The minimum absolute atomic E-state index is 0.133. The summed E-state index contributed by atoms with van der Waals surface area (Å²) in [5.41, 5.74) is 14.4. The largest absolute Gasteiger partial charge is 0.310 e. The van der Waals surface area contributed by atoms with E-state index in [1.165, 1.54) is 75.9 Å². The third-order valence-electron chi connectivity index (χ3n) is 10.4. The number of rotatable bonds is 7. The Balaban J connectivity index is 1.18. The molecule has 0 radical (unpaired) electrons. The second-order valence-corrected chi connectivity index (χ2v) is 16.0. The average molecular weight is 712 g/mol. The lowest BCUT2D eigenvalue weighted by molar-refractivity contribution is 0.591. The number of hydrogen-bond acceptors (Lipinski definition) is 2. The smallest absolute Gasteiger partial charge is 0.0499 e. The van der Waals surface area contributed by atoms with Crippen molar-refractivity contribution in [3.63, 3.8) is 0 Å². The van der Waals surface area contributed by atoms with E-state index >= 15 is 0 Å². The van der Waals surface area contributed by atoms with Crippen molar-refractivity contribution < 1.29 is 0 Å². The van der Waals surface area contributed by atoms with Gasteiger partial charge in [0.2, 0.25) is 0 Å². The quantitative estimate of drug-likeness (QED) is 0.159. The molecular weight excluding hydrogens is 671 g/mol. The molecule has 1 heterocycles. The molecule has 8 aromatic carbocycles. The van der Waals surface area contributed by atoms with Gasteiger partial charge in [-0.1, -0.05) is 172 Å². The van der Waals surface area contributed by atoms with Gasteiger partial charge in [-0.05, 0) is 98.0 Å². The van der Waals surface area contributed by atoms with Crippen LogP contribution >= 0.6 is 11.3 Å². The van der Waals surface area contributed by atoms with Crippen LogP contribution in [0, 0.1) is 0 Å². The van der Waals surface area contributed by atoms with Crippen molar-refractivity contribution in [2.24, 2.45) is 0 Å². The summed E-state index contributed by atoms with van der Waals surface area (Å²) in [5.74, 6) is 0. The molecule has 2 heteroatoms. The Kier molecular flexibility index (Phi) is 8.69. The first kappa shape index (κ1) is 33.6. The standard InChI is InChI=1S/C52H41NS/c1-52(2,3)48-35-40(44-20-11-10-19-43(44)38-17-8-5-9-18-38)29-34-49(48)53(41-30-25-37(26-31-41)36-15-6-4-7-16-36)42-32-27-39(28-33-42)45-22-14-23-47-46-21-12-13-24-50(46)54-51(45)47/h4-35H,1-3H3. The van der Waals surface area contributed by atoms with Crippen molar-refractivity contribution in [1.82, 2.24) is 0 Å². The summed E-state index contributed by atoms with van der Waals surface area (Å²) in [6.07, 6.45) is 0. The summed E-state index contributed by atoms with van der Waals surface area (Å²) in [7, 11) is 0. The van der Waals surface area contributed by atoms with Gasteiger partial charge in [0.05, 0.1) is 0 Å². The van der Waals surface area contributed by atoms with Gasteiger partial charge < -0.3 is 4.90 Å². The zero-order valence-corrected chi connectivity index (χ0v) is 31.6. The van der Waals surface area contributed by atoms with Crippen LogP contribution in [0.2, 0.25) is 0 Å². The third kappa shape index (κ3) is 6.29. The van der Waals surface area contributed by atoms with Gasteiger partial charge in [-0.15, -0.1) is 11.3 Å². The van der Waals surface area contributed by atoms with E-state index < -0.39 is 0 Å². The molecule has 9 rings (SSSR count). The van der Waals surface area contributed by atoms with E-state index in [2.05, 4.69) is 220 Å². The van der Waals surface area contributed by atoms with Gasteiger partial charge >= 0.3 is 0 Å². The molecule has 0 bridgehead atoms. The molecule has 0 amide bonds. The highest BCUT2D eigenvalue weighted by Crippen LogP contribution is 2.45. The van der Waals surface area contributed by atoms with Crippen molar-refractivity contribution in [3.8, 4) is 44.5 Å². The second kappa shape index (κ2) is 14.0. The van der Waals surface area contributed by atoms with Crippen molar-refractivity contribution in [3.05, 3.63) is 200 Å². The summed E-state index contributed by atoms with van der Waals surface area (Å²) >= 11 is 1.88. The Morgan fingerprint density at radius 1 is 0.389 bits per heavy atom. The van der Waals surface area contributed by atoms with E-state index in [1.54, 1.807) is 0 Å². The maximum absolute atomic E-state index is 2.44. The van der Waals surface area contributed by atoms with E-state index in [0.717, 1.165) is 11.4 Å². The fourth-order valence-corrected chi connectivity index (χ4v) is 8.97. The molecule has 0 saturated carbocycles. The summed E-state index contributed by atoms with van der Waals surface area (Å²) in [6, 6.07) is 70.8. The van der Waals surface area contributed by atoms with Gasteiger partial charge in [-0.3, -0.25) is 0 Å². The molecule has 260 valence electrons. The maximum Gasteiger partial charge on any atom is 0.0499 e. The molecule has 0 spiro atoms. The van der Waals surface area contributed by atoms with Gasteiger partial charge in [0, 0.05) is 37.2 Å². The first-order valence-corrected chi connectivity index (χ1v) is 19.5. The van der Waals surface area contributed by atoms with Crippen LogP contribution in [0.5, 0.6) is 0 Å². The van der Waals surface area contributed by atoms with Crippen molar-refractivity contribution in [2.45, 2.75) is 26.2 Å². The van der Waals surface area contributed by atoms with Crippen LogP contribution in [0.15, 0.2) is 194 Å². The van der Waals surface area contributed by atoms with Crippen LogP contribution in [0.4, 0.5) is 17.1 Å². The van der Waals surface area contributed by atoms with Gasteiger partial charge in [0.25, 0.3) is 0 Å². The highest BCUT2D eigenvalue weighted by atomic mass is 32.1. The Morgan fingerprint density at radius 3 is 1.54 bits per heavy atom. The summed E-state index contributed by atoms with van der Waals surface area (Å²) in [4.78, 5) is 2.44. The molecule has 0 saturated heterocycles. The fraction of sp³-hybridized carbons (Fsp3) is 0.0769. The fourth-order valence-electron chi connectivity index (χ4n) is 7.73. The van der Waals surface area contributed by atoms with Gasteiger partial charge in [0.15, 0.2) is 0 Å². The van der Waals surface area contributed by atoms with Crippen LogP contribution in [0.3, 0.4) is 0 Å².